The van der Waals surface area contributed by atoms with Crippen molar-refractivity contribution in [2.45, 2.75) is 13.2 Å². The van der Waals surface area contributed by atoms with Crippen molar-refractivity contribution in [1.29, 1.82) is 0 Å². The minimum absolute atomic E-state index is 0.136. The molecule has 1 rings (SSSR count). The number of halogens is 2. The van der Waals surface area contributed by atoms with Gasteiger partial charge >= 0.3 is 12.6 Å². The highest BCUT2D eigenvalue weighted by molar-refractivity contribution is 5.71. The van der Waals surface area contributed by atoms with E-state index in [2.05, 4.69) is 15.0 Å². The van der Waals surface area contributed by atoms with Crippen molar-refractivity contribution in [3.8, 4) is 5.88 Å². The van der Waals surface area contributed by atoms with Crippen LogP contribution in [0.1, 0.15) is 5.56 Å². The number of urea groups is 1. The first kappa shape index (κ1) is 11.2. The van der Waals surface area contributed by atoms with E-state index in [0.29, 0.717) is 5.56 Å². The fraction of sp³-hybridized carbons (Fsp3) is 0.250. The molecule has 15 heavy (non-hydrogen) atoms. The average molecular weight is 217 g/mol. The minimum Gasteiger partial charge on any atom is -0.417 e. The van der Waals surface area contributed by atoms with Crippen molar-refractivity contribution in [3.05, 3.63) is 23.9 Å². The monoisotopic (exact) mass is 217 g/mol. The van der Waals surface area contributed by atoms with Crippen LogP contribution in [0, 0.1) is 0 Å². The van der Waals surface area contributed by atoms with Crippen molar-refractivity contribution in [2.24, 2.45) is 5.73 Å². The third-order valence-corrected chi connectivity index (χ3v) is 1.48. The van der Waals surface area contributed by atoms with E-state index < -0.39 is 12.6 Å². The molecule has 3 N–H and O–H groups in total. The van der Waals surface area contributed by atoms with Crippen molar-refractivity contribution in [3.63, 3.8) is 0 Å². The quantitative estimate of drug-likeness (QED) is 0.784. The molecule has 2 amide bonds. The fourth-order valence-electron chi connectivity index (χ4n) is 0.905. The topological polar surface area (TPSA) is 77.2 Å². The van der Waals surface area contributed by atoms with Crippen molar-refractivity contribution in [1.82, 2.24) is 10.3 Å². The van der Waals surface area contributed by atoms with Crippen molar-refractivity contribution >= 4 is 6.03 Å². The molecule has 5 nitrogen and oxygen atoms in total. The predicted octanol–water partition coefficient (Wildman–Crippen LogP) is 0.851. The second kappa shape index (κ2) is 5.08. The molecule has 0 aliphatic heterocycles. The van der Waals surface area contributed by atoms with Crippen LogP contribution < -0.4 is 15.8 Å². The van der Waals surface area contributed by atoms with Gasteiger partial charge < -0.3 is 15.8 Å². The number of aromatic nitrogens is 1. The lowest BCUT2D eigenvalue weighted by atomic mass is 10.2. The second-order valence-corrected chi connectivity index (χ2v) is 2.60. The van der Waals surface area contributed by atoms with Gasteiger partial charge in [0.15, 0.2) is 0 Å². The summed E-state index contributed by atoms with van der Waals surface area (Å²) < 4.78 is 27.7. The first-order valence-electron chi connectivity index (χ1n) is 4.01. The molecule has 0 radical (unpaired) electrons. The molecule has 0 atom stereocenters. The van der Waals surface area contributed by atoms with Crippen molar-refractivity contribution < 1.29 is 18.3 Å². The molecular formula is C8H9F2N3O2. The van der Waals surface area contributed by atoms with Gasteiger partial charge in [-0.2, -0.15) is 8.78 Å². The molecular weight excluding hydrogens is 208 g/mol. The smallest absolute Gasteiger partial charge is 0.388 e. The van der Waals surface area contributed by atoms with E-state index in [4.69, 9.17) is 5.73 Å². The molecule has 1 aromatic heterocycles. The van der Waals surface area contributed by atoms with Crippen molar-refractivity contribution in [2.75, 3.05) is 0 Å². The summed E-state index contributed by atoms with van der Waals surface area (Å²) in [4.78, 5) is 13.9. The van der Waals surface area contributed by atoms with Gasteiger partial charge in [-0.05, 0) is 11.6 Å². The average Bonchev–Trinajstić information content (AvgIpc) is 2.14. The zero-order chi connectivity index (χ0) is 11.3. The van der Waals surface area contributed by atoms with E-state index in [-0.39, 0.29) is 12.4 Å². The van der Waals surface area contributed by atoms with Crippen LogP contribution in [-0.4, -0.2) is 17.6 Å². The van der Waals surface area contributed by atoms with Gasteiger partial charge in [0.2, 0.25) is 5.88 Å². The predicted molar refractivity (Wildman–Crippen MR) is 47.3 cm³/mol. The second-order valence-electron chi connectivity index (χ2n) is 2.60. The molecule has 82 valence electrons. The zero-order valence-electron chi connectivity index (χ0n) is 7.61. The zero-order valence-corrected chi connectivity index (χ0v) is 7.61. The number of rotatable bonds is 4. The summed E-state index contributed by atoms with van der Waals surface area (Å²) >= 11 is 0. The number of alkyl halides is 2. The number of hydrogen-bond donors (Lipinski definition) is 2. The van der Waals surface area contributed by atoms with E-state index >= 15 is 0 Å². The molecule has 0 spiro atoms. The highest BCUT2D eigenvalue weighted by Crippen LogP contribution is 2.11. The maximum Gasteiger partial charge on any atom is 0.388 e. The summed E-state index contributed by atoms with van der Waals surface area (Å²) in [5.74, 6) is -0.200. The summed E-state index contributed by atoms with van der Waals surface area (Å²) in [7, 11) is 0. The Morgan fingerprint density at radius 1 is 1.67 bits per heavy atom. The van der Waals surface area contributed by atoms with Gasteiger partial charge in [-0.3, -0.25) is 0 Å². The van der Waals surface area contributed by atoms with Gasteiger partial charge in [0.1, 0.15) is 0 Å². The van der Waals surface area contributed by atoms with Crippen LogP contribution in [0.5, 0.6) is 5.88 Å². The third kappa shape index (κ3) is 4.21. The Balaban J connectivity index is 2.61. The van der Waals surface area contributed by atoms with Gasteiger partial charge in [-0.1, -0.05) is 0 Å². The largest absolute Gasteiger partial charge is 0.417 e. The minimum atomic E-state index is -2.92. The lowest BCUT2D eigenvalue weighted by Crippen LogP contribution is -2.28. The Kier molecular flexibility index (Phi) is 3.78. The molecule has 1 aromatic rings. The first-order chi connectivity index (χ1) is 7.08. The molecule has 7 heteroatoms. The third-order valence-electron chi connectivity index (χ3n) is 1.48. The standard InChI is InChI=1S/C8H9F2N3O2/c9-7(10)15-6-3-5(1-2-12-6)4-13-8(11)14/h1-3,7H,4H2,(H3,11,13,14). The van der Waals surface area contributed by atoms with Crippen LogP contribution >= 0.6 is 0 Å². The number of amides is 2. The number of nitrogens with two attached hydrogens (primary N) is 1. The van der Waals surface area contributed by atoms with Gasteiger partial charge in [-0.15, -0.1) is 0 Å². The number of primary amides is 1. The summed E-state index contributed by atoms with van der Waals surface area (Å²) in [6.07, 6.45) is 1.30. The maximum atomic E-state index is 11.8. The Hall–Kier alpha value is -1.92. The highest BCUT2D eigenvalue weighted by atomic mass is 19.3. The highest BCUT2D eigenvalue weighted by Gasteiger charge is 2.05. The summed E-state index contributed by atoms with van der Waals surface area (Å²) in [6.45, 7) is -2.78. The van der Waals surface area contributed by atoms with Gasteiger partial charge in [0, 0.05) is 18.8 Å². The number of nitrogens with zero attached hydrogens (tertiary/aromatic N) is 1. The Bertz CT molecular complexity index is 346. The SMILES string of the molecule is NC(=O)NCc1ccnc(OC(F)F)c1. The molecule has 0 bridgehead atoms. The Labute approximate surface area is 84.2 Å². The number of hydrogen-bond acceptors (Lipinski definition) is 3. The van der Waals surface area contributed by atoms with E-state index in [1.54, 1.807) is 6.07 Å². The van der Waals surface area contributed by atoms with Crippen LogP contribution in [0.25, 0.3) is 0 Å². The number of ether oxygens (including phenoxy) is 1. The molecule has 0 unspecified atom stereocenters. The van der Waals surface area contributed by atoms with Gasteiger partial charge in [0.05, 0.1) is 0 Å². The lowest BCUT2D eigenvalue weighted by Gasteiger charge is -2.05. The summed E-state index contributed by atoms with van der Waals surface area (Å²) in [5, 5.41) is 2.31. The molecule has 0 aliphatic rings. The van der Waals surface area contributed by atoms with Crippen LogP contribution in [0.3, 0.4) is 0 Å². The molecule has 0 saturated heterocycles. The Morgan fingerprint density at radius 3 is 3.00 bits per heavy atom. The van der Waals surface area contributed by atoms with Crippen LogP contribution in [0.4, 0.5) is 13.6 Å². The molecule has 0 saturated carbocycles. The Morgan fingerprint density at radius 2 is 2.40 bits per heavy atom. The van der Waals surface area contributed by atoms with E-state index in [0.717, 1.165) is 0 Å². The number of carbonyl (C=O) groups excluding carboxylic acids is 1. The lowest BCUT2D eigenvalue weighted by molar-refractivity contribution is -0.0528. The molecule has 0 fully saturated rings. The number of carbonyl (C=O) groups is 1. The molecule has 0 aliphatic carbocycles. The van der Waals surface area contributed by atoms with E-state index in [1.165, 1.54) is 12.3 Å². The summed E-state index contributed by atoms with van der Waals surface area (Å²) in [5.41, 5.74) is 5.41. The van der Waals surface area contributed by atoms with Gasteiger partial charge in [0.25, 0.3) is 0 Å². The van der Waals surface area contributed by atoms with Crippen LogP contribution in [0.2, 0.25) is 0 Å². The van der Waals surface area contributed by atoms with E-state index in [1.807, 2.05) is 0 Å². The maximum absolute atomic E-state index is 11.8. The summed E-state index contributed by atoms with van der Waals surface area (Å²) in [6, 6.07) is 2.15. The van der Waals surface area contributed by atoms with Crippen LogP contribution in [0.15, 0.2) is 18.3 Å². The number of nitrogens with one attached hydrogen (secondary N) is 1. The fourth-order valence-corrected chi connectivity index (χ4v) is 0.905. The molecule has 1 heterocycles. The first-order valence-corrected chi connectivity index (χ1v) is 4.01. The van der Waals surface area contributed by atoms with Crippen LogP contribution in [-0.2, 0) is 6.54 Å². The molecule has 0 aromatic carbocycles. The van der Waals surface area contributed by atoms with Gasteiger partial charge in [-0.25, -0.2) is 9.78 Å². The number of pyridine rings is 1. The van der Waals surface area contributed by atoms with E-state index in [9.17, 15) is 13.6 Å². The normalized spacial score (nSPS) is 10.1.